The molecule has 133 heavy (non-hydrogen) atoms. The highest BCUT2D eigenvalue weighted by Crippen LogP contribution is 2.73. The fourth-order valence-corrected chi connectivity index (χ4v) is 39.4. The van der Waals surface area contributed by atoms with E-state index in [2.05, 4.69) is 83.1 Å². The SMILES string of the molecule is C[C@]12CCC(=O)C=C1[C@H](O)C[C@@H]1[C@@H]2CC[C@]2(C)C(=O)CC[C@@H]12.C[C@]12CC[C@H]3[C@@H](CCC4=CC(=O)C[C@@H](O)[C@@]43C)[C@@H]1CC[C@@H]2O.C[C@]12CC[C@H]3[C@@H](C[C@@H](O)C4=CC(=O)CC[C@@]43C)[C@@H]1CC[C@@H]2O.C[C@]12CC[C@H]3[C@@H]([C@H](O)CC4=CC(=O)CC[C@@]43C)[C@@H]1CC[C@@H]2O.C[C@]12C[C@@H](O)[C@H]3[C@@H](CCC4=CC(=O)CC[C@@]43C)[C@@H]1CC[C@@H]2O.C[C@]12C[C@@H](O)[C@H]3[C@@H](C[C@@H](O)C4=CC(=O)CC[C@@]43C)[C@@H]1CC[C@@H]2O. The second-order valence-corrected chi connectivity index (χ2v) is 52.4. The van der Waals surface area contributed by atoms with Gasteiger partial charge in [-0.2, -0.15) is 0 Å². The van der Waals surface area contributed by atoms with E-state index in [-0.39, 0.29) is 167 Å². The van der Waals surface area contributed by atoms with Crippen molar-refractivity contribution in [1.29, 1.82) is 0 Å². The summed E-state index contributed by atoms with van der Waals surface area (Å²) in [6, 6.07) is 0. The molecule has 19 heteroatoms. The quantitative estimate of drug-likeness (QED) is 0.107. The number of hydrogen-bond acceptors (Lipinski definition) is 19. The van der Waals surface area contributed by atoms with Crippen LogP contribution in [-0.4, -0.2) is 175 Å². The maximum atomic E-state index is 12.4. The van der Waals surface area contributed by atoms with E-state index in [0.717, 1.165) is 222 Å². The second-order valence-electron chi connectivity index (χ2n) is 52.4. The maximum Gasteiger partial charge on any atom is 0.158 e. The minimum Gasteiger partial charge on any atom is -0.393 e. The Hall–Kier alpha value is -4.35. The molecule has 0 amide bonds. The van der Waals surface area contributed by atoms with Crippen molar-refractivity contribution >= 4 is 40.5 Å². The first-order valence-electron chi connectivity index (χ1n) is 53.8. The first kappa shape index (κ1) is 97.5. The van der Waals surface area contributed by atoms with Crippen molar-refractivity contribution in [2.75, 3.05) is 0 Å². The first-order valence-corrected chi connectivity index (χ1v) is 53.8. The molecule has 42 atom stereocenters. The van der Waals surface area contributed by atoms with Crippen molar-refractivity contribution in [1.82, 2.24) is 0 Å². The molecule has 0 heterocycles. The van der Waals surface area contributed by atoms with Crippen LogP contribution in [0.4, 0.5) is 0 Å². The molecule has 18 saturated carbocycles. The van der Waals surface area contributed by atoms with Gasteiger partial charge in [0.1, 0.15) is 5.78 Å². The number of fused-ring (bicyclic) bond motifs is 30. The van der Waals surface area contributed by atoms with Crippen LogP contribution in [-0.2, 0) is 33.6 Å². The predicted molar refractivity (Wildman–Crippen MR) is 505 cm³/mol. The molecule has 24 aliphatic rings. The van der Waals surface area contributed by atoms with Gasteiger partial charge in [0.2, 0.25) is 0 Å². The second kappa shape index (κ2) is 34.5. The Labute approximate surface area is 791 Å². The number of carbonyl (C=O) groups excluding carboxylic acids is 7. The summed E-state index contributed by atoms with van der Waals surface area (Å²) in [5, 5.41) is 128. The third-order valence-electron chi connectivity index (χ3n) is 47.3. The van der Waals surface area contributed by atoms with Gasteiger partial charge in [0, 0.05) is 55.8 Å². The van der Waals surface area contributed by atoms with Crippen LogP contribution in [0.2, 0.25) is 0 Å². The molecule has 0 saturated heterocycles. The topological polar surface area (TPSA) is 362 Å². The lowest BCUT2D eigenvalue weighted by Gasteiger charge is -2.60. The predicted octanol–water partition coefficient (Wildman–Crippen LogP) is 16.3. The van der Waals surface area contributed by atoms with Crippen molar-refractivity contribution in [2.45, 2.75) is 420 Å². The molecule has 0 unspecified atom stereocenters. The molecule has 19 nitrogen and oxygen atoms in total. The van der Waals surface area contributed by atoms with Gasteiger partial charge in [-0.1, -0.05) is 99.8 Å². The summed E-state index contributed by atoms with van der Waals surface area (Å²) in [5.74, 6) is 9.32. The molecule has 0 spiro atoms. The first-order chi connectivity index (χ1) is 62.6. The van der Waals surface area contributed by atoms with Gasteiger partial charge in [-0.05, 0) is 432 Å². The average molecular weight is 1840 g/mol. The Bertz CT molecular complexity index is 4810. The molecular formula is C114H166O19. The largest absolute Gasteiger partial charge is 0.393 e. The minimum atomic E-state index is -0.585. The van der Waals surface area contributed by atoms with Crippen LogP contribution in [0.5, 0.6) is 0 Å². The summed E-state index contributed by atoms with van der Waals surface area (Å²) < 4.78 is 0. The molecule has 18 fully saturated rings. The van der Waals surface area contributed by atoms with Crippen molar-refractivity contribution in [2.24, 2.45) is 172 Å². The fourth-order valence-electron chi connectivity index (χ4n) is 39.4. The van der Waals surface area contributed by atoms with E-state index in [9.17, 15) is 94.8 Å². The molecule has 0 bridgehead atoms. The number of aliphatic hydroxyl groups is 12. The van der Waals surface area contributed by atoms with E-state index < -0.39 is 30.5 Å². The number of rotatable bonds is 0. The van der Waals surface area contributed by atoms with Gasteiger partial charge in [0.05, 0.1) is 73.2 Å². The van der Waals surface area contributed by atoms with Crippen LogP contribution >= 0.6 is 0 Å². The molecule has 0 aromatic rings. The van der Waals surface area contributed by atoms with Gasteiger partial charge in [-0.3, -0.25) is 33.6 Å². The smallest absolute Gasteiger partial charge is 0.158 e. The summed E-state index contributed by atoms with van der Waals surface area (Å²) in [6.07, 6.45) is 42.3. The number of carbonyl (C=O) groups is 7. The summed E-state index contributed by atoms with van der Waals surface area (Å²) >= 11 is 0. The summed E-state index contributed by atoms with van der Waals surface area (Å²) in [5.41, 5.74) is 5.66. The third kappa shape index (κ3) is 15.1. The van der Waals surface area contributed by atoms with Gasteiger partial charge < -0.3 is 61.3 Å². The number of Topliss-reactive ketones (excluding diaryl/α,β-unsaturated/α-hetero) is 1. The zero-order chi connectivity index (χ0) is 95.1. The maximum absolute atomic E-state index is 12.4. The van der Waals surface area contributed by atoms with Crippen molar-refractivity contribution < 1.29 is 94.8 Å². The Kier molecular flexibility index (Phi) is 25.3. The van der Waals surface area contributed by atoms with Crippen LogP contribution < -0.4 is 0 Å². The zero-order valence-corrected chi connectivity index (χ0v) is 82.5. The Morgan fingerprint density at radius 1 is 0.241 bits per heavy atom. The van der Waals surface area contributed by atoms with Crippen LogP contribution in [0.15, 0.2) is 69.9 Å². The van der Waals surface area contributed by atoms with E-state index in [1.165, 1.54) is 16.7 Å². The van der Waals surface area contributed by atoms with E-state index in [4.69, 9.17) is 0 Å². The summed E-state index contributed by atoms with van der Waals surface area (Å²) in [7, 11) is 0. The molecule has 0 aliphatic heterocycles. The van der Waals surface area contributed by atoms with Gasteiger partial charge in [-0.15, -0.1) is 0 Å². The monoisotopic (exact) mass is 1840 g/mol. The highest BCUT2D eigenvalue weighted by atomic mass is 16.3. The lowest BCUT2D eigenvalue weighted by molar-refractivity contribution is -0.154. The van der Waals surface area contributed by atoms with Crippen LogP contribution in [0.25, 0.3) is 0 Å². The van der Waals surface area contributed by atoms with Crippen LogP contribution in [0, 0.1) is 172 Å². The number of allylic oxidation sites excluding steroid dienone is 1. The average Bonchev–Trinajstić information content (AvgIpc) is 1.69. The number of hydrogen-bond donors (Lipinski definition) is 12. The minimum absolute atomic E-state index is 0.00881. The molecule has 736 valence electrons. The third-order valence-corrected chi connectivity index (χ3v) is 47.3. The highest BCUT2D eigenvalue weighted by Gasteiger charge is 2.70. The van der Waals surface area contributed by atoms with E-state index in [1.54, 1.807) is 18.2 Å². The van der Waals surface area contributed by atoms with Gasteiger partial charge in [0.25, 0.3) is 0 Å². The lowest BCUT2D eigenvalue weighted by atomic mass is 9.46. The molecule has 24 aliphatic carbocycles. The van der Waals surface area contributed by atoms with Crippen LogP contribution in [0.3, 0.4) is 0 Å². The van der Waals surface area contributed by atoms with E-state index in [1.807, 2.05) is 18.2 Å². The van der Waals surface area contributed by atoms with E-state index in [0.29, 0.717) is 146 Å². The standard InChI is InChI=1S/C19H28O4.2C19H28O3.C19H26O3.2C19H28O3/c1-18-6-5-10(20)7-13(18)14(21)8-11-12-3-4-16(23)19(12,2)9-15(22)17(11)18;1-18-7-5-12(20)9-11(18)10-15(21)17-13-3-4-16(22)19(13,2)8-6-14(17)18;2*1-18-7-5-11(20)9-15(18)16(21)10-12-13-3-4-17(22)19(13,2)8-6-14(12)18;1-18-8-7-15-13(14(18)5-6-16(18)21)4-3-11-9-12(20)10-17(22)19(11,15)2;1-18-8-7-12(20)9-11(18)3-4-13-14-5-6-16(22)19(14,2)10-15(21)17(13)18/h7,11-12,14-17,21-23H,3-6,8-9H2,1-2H3;9,13-17,21-22H,3-8,10H2,1-2H3;9,12-14,16-17,21-22H,3-8,10H2,1-2H3;9,12-14,16,21H,3-8,10H2,1-2H3;2*9,13-17,21-22H,3-8,10H2,1-2H3/t11-,12-,14+,15+,16-,17+,18-,19-;13-,14-,15+,16-,17-,18-,19-;12-,13-,14-,16+,17-,18+,19-;12-,13-,14-,16+,18+,19-;13-,14-,15-,16-,17+,18-,19-;13-,14-,15+,16-,17+,18-,19-/m000000/s1. The molecule has 12 N–H and O–H groups in total. The Balaban J connectivity index is 0.000000103. The number of ketones is 7. The molecule has 24 rings (SSSR count). The normalized spacial score (nSPS) is 54.0. The summed E-state index contributed by atoms with van der Waals surface area (Å²) in [6.45, 7) is 26.7. The molecule has 0 aromatic carbocycles. The van der Waals surface area contributed by atoms with Gasteiger partial charge >= 0.3 is 0 Å². The van der Waals surface area contributed by atoms with Gasteiger partial charge in [-0.25, -0.2) is 0 Å². The zero-order valence-electron chi connectivity index (χ0n) is 82.5. The summed E-state index contributed by atoms with van der Waals surface area (Å²) in [4.78, 5) is 83.3. The lowest BCUT2D eigenvalue weighted by Crippen LogP contribution is -2.59. The Morgan fingerprint density at radius 2 is 0.602 bits per heavy atom. The van der Waals surface area contributed by atoms with E-state index >= 15 is 0 Å². The van der Waals surface area contributed by atoms with Crippen molar-refractivity contribution in [3.63, 3.8) is 0 Å². The molecule has 0 aromatic heterocycles. The Morgan fingerprint density at radius 3 is 1.13 bits per heavy atom. The number of aliphatic hydroxyl groups excluding tert-OH is 12. The van der Waals surface area contributed by atoms with Crippen molar-refractivity contribution in [3.05, 3.63) is 69.9 Å². The van der Waals surface area contributed by atoms with Crippen LogP contribution in [0.1, 0.15) is 346 Å². The highest BCUT2D eigenvalue weighted by molar-refractivity contribution is 5.95. The fraction of sp³-hybridized carbons (Fsp3) is 0.833. The van der Waals surface area contributed by atoms with Gasteiger partial charge in [0.15, 0.2) is 34.7 Å². The molecule has 0 radical (unpaired) electrons. The van der Waals surface area contributed by atoms with Crippen molar-refractivity contribution in [3.8, 4) is 0 Å². The molecular weight excluding hydrogens is 1670 g/mol.